The van der Waals surface area contributed by atoms with Gasteiger partial charge in [-0.2, -0.15) is 0 Å². The van der Waals surface area contributed by atoms with Crippen molar-refractivity contribution >= 4 is 35.5 Å². The van der Waals surface area contributed by atoms with E-state index in [2.05, 4.69) is 11.7 Å². The van der Waals surface area contributed by atoms with Crippen LogP contribution < -0.4 is 16.1 Å². The van der Waals surface area contributed by atoms with Gasteiger partial charge in [0.05, 0.1) is 28.9 Å². The van der Waals surface area contributed by atoms with Crippen molar-refractivity contribution in [2.24, 2.45) is 0 Å². The molecule has 2 aromatic carbocycles. The van der Waals surface area contributed by atoms with E-state index in [0.717, 1.165) is 16.5 Å². The molecule has 2 heterocycles. The molecule has 8 nitrogen and oxygen atoms in total. The van der Waals surface area contributed by atoms with Crippen molar-refractivity contribution in [3.8, 4) is 5.69 Å². The number of hydrogen-bond acceptors (Lipinski definition) is 4. The Morgan fingerprint density at radius 2 is 1.84 bits per heavy atom. The van der Waals surface area contributed by atoms with E-state index < -0.39 is 12.0 Å². The van der Waals surface area contributed by atoms with Crippen LogP contribution in [-0.4, -0.2) is 38.5 Å². The van der Waals surface area contributed by atoms with Crippen LogP contribution in [-0.2, 0) is 9.53 Å². The van der Waals surface area contributed by atoms with Crippen molar-refractivity contribution in [2.45, 2.75) is 13.0 Å². The third kappa shape index (κ3) is 3.51. The largest absolute Gasteiger partial charge is 0.478 e. The molecule has 1 unspecified atom stereocenters. The second-order valence-electron chi connectivity index (χ2n) is 7.35. The zero-order valence-corrected chi connectivity index (χ0v) is 17.5. The summed E-state index contributed by atoms with van der Waals surface area (Å²) in [6.45, 7) is 5.70. The summed E-state index contributed by atoms with van der Waals surface area (Å²) in [5, 5.41) is 13.7. The number of aromatic amines is 1. The van der Waals surface area contributed by atoms with Crippen LogP contribution >= 0.6 is 0 Å². The fourth-order valence-corrected chi connectivity index (χ4v) is 3.69. The third-order valence-corrected chi connectivity index (χ3v) is 5.41. The lowest BCUT2D eigenvalue weighted by molar-refractivity contribution is -0.143. The molecule has 4 aromatic rings. The Morgan fingerprint density at radius 1 is 1.16 bits per heavy atom. The van der Waals surface area contributed by atoms with Crippen LogP contribution in [0.4, 0.5) is 0 Å². The number of nitrogens with one attached hydrogen (secondary N) is 1. The number of esters is 1. The van der Waals surface area contributed by atoms with Crippen molar-refractivity contribution in [2.75, 3.05) is 7.11 Å². The number of carboxylic acids is 1. The molecule has 162 valence electrons. The first-order valence-electron chi connectivity index (χ1n) is 9.84. The van der Waals surface area contributed by atoms with Gasteiger partial charge in [-0.05, 0) is 43.3 Å². The van der Waals surface area contributed by atoms with E-state index in [-0.39, 0.29) is 17.1 Å². The quantitative estimate of drug-likeness (QED) is 0.469. The topological polar surface area (TPSA) is 106 Å². The van der Waals surface area contributed by atoms with Gasteiger partial charge in [0.2, 0.25) is 0 Å². The van der Waals surface area contributed by atoms with Gasteiger partial charge in [-0.25, -0.2) is 14.3 Å². The first kappa shape index (κ1) is 20.9. The summed E-state index contributed by atoms with van der Waals surface area (Å²) in [7, 11) is 1.35. The zero-order chi connectivity index (χ0) is 23.0. The molecule has 0 saturated carbocycles. The van der Waals surface area contributed by atoms with Crippen LogP contribution in [0, 0.1) is 0 Å². The van der Waals surface area contributed by atoms with E-state index in [1.807, 2.05) is 35.0 Å². The first-order chi connectivity index (χ1) is 15.3. The van der Waals surface area contributed by atoms with E-state index >= 15 is 0 Å². The van der Waals surface area contributed by atoms with E-state index in [1.165, 1.54) is 23.9 Å². The molecule has 8 heteroatoms. The lowest BCUT2D eigenvalue weighted by Gasteiger charge is -2.12. The van der Waals surface area contributed by atoms with Crippen molar-refractivity contribution in [3.05, 3.63) is 86.8 Å². The number of nitrogens with zero attached hydrogens (tertiary/aromatic N) is 2. The van der Waals surface area contributed by atoms with Gasteiger partial charge in [-0.3, -0.25) is 9.89 Å². The van der Waals surface area contributed by atoms with Crippen molar-refractivity contribution in [1.29, 1.82) is 0 Å². The summed E-state index contributed by atoms with van der Waals surface area (Å²) < 4.78 is 8.01. The predicted octanol–water partition coefficient (Wildman–Crippen LogP) is 1.79. The van der Waals surface area contributed by atoms with E-state index in [1.54, 1.807) is 25.1 Å². The number of rotatable bonds is 5. The number of aromatic nitrogens is 3. The number of carbonyl (C=O) groups is 2. The Kier molecular flexibility index (Phi) is 5.28. The Balaban J connectivity index is 1.87. The molecular weight excluding hydrogens is 410 g/mol. The Labute approximate surface area is 182 Å². The van der Waals surface area contributed by atoms with Gasteiger partial charge in [-0.1, -0.05) is 24.8 Å². The molecule has 0 bridgehead atoms. The maximum Gasteiger partial charge on any atom is 0.335 e. The van der Waals surface area contributed by atoms with Gasteiger partial charge < -0.3 is 14.4 Å². The highest BCUT2D eigenvalue weighted by Gasteiger charge is 2.19. The molecule has 2 aromatic heterocycles. The van der Waals surface area contributed by atoms with E-state index in [9.17, 15) is 14.4 Å². The molecule has 0 aliphatic rings. The Hall–Kier alpha value is -4.33. The summed E-state index contributed by atoms with van der Waals surface area (Å²) in [5.74, 6) is -1.41. The second-order valence-corrected chi connectivity index (χ2v) is 7.35. The fraction of sp³-hybridized carbons (Fsp3) is 0.125. The Morgan fingerprint density at radius 3 is 2.50 bits per heavy atom. The maximum absolute atomic E-state index is 13.1. The molecule has 0 aliphatic heterocycles. The van der Waals surface area contributed by atoms with Crippen LogP contribution in [0.2, 0.25) is 0 Å². The summed E-state index contributed by atoms with van der Waals surface area (Å²) in [5.41, 5.74) is 1.89. The standard InChI is InChI=1S/C24H21N3O5/c1-14-20(22(28)27(25-14)18-10-8-16(9-11-18)23(29)30)12-17-13-26(15(2)24(31)32-3)21-7-5-4-6-19(17)21/h4-13,15,25H,1H2,2-3H3,(H,29,30). The van der Waals surface area contributed by atoms with Crippen LogP contribution in [0.15, 0.2) is 59.5 Å². The molecule has 0 fully saturated rings. The lowest BCUT2D eigenvalue weighted by atomic mass is 10.1. The molecule has 0 amide bonds. The monoisotopic (exact) mass is 431 g/mol. The minimum Gasteiger partial charge on any atom is -0.478 e. The van der Waals surface area contributed by atoms with Gasteiger partial charge >= 0.3 is 11.9 Å². The summed E-state index contributed by atoms with van der Waals surface area (Å²) in [6, 6.07) is 13.0. The molecule has 0 spiro atoms. The number of fused-ring (bicyclic) bond motifs is 1. The summed E-state index contributed by atoms with van der Waals surface area (Å²) >= 11 is 0. The number of ether oxygens (including phenoxy) is 1. The summed E-state index contributed by atoms with van der Waals surface area (Å²) in [6.07, 6.45) is 3.54. The molecule has 32 heavy (non-hydrogen) atoms. The third-order valence-electron chi connectivity index (χ3n) is 5.41. The number of carbonyl (C=O) groups excluding carboxylic acids is 1. The van der Waals surface area contributed by atoms with Gasteiger partial charge in [0.25, 0.3) is 5.56 Å². The van der Waals surface area contributed by atoms with E-state index in [0.29, 0.717) is 16.3 Å². The average molecular weight is 431 g/mol. The SMILES string of the molecule is C=c1[nH]n(-c2ccc(C(=O)O)cc2)c(=O)c1=Cc1cn(C(C)C(=O)OC)c2ccccc12. The molecule has 2 N–H and O–H groups in total. The number of para-hydroxylation sites is 1. The minimum atomic E-state index is -1.04. The highest BCUT2D eigenvalue weighted by atomic mass is 16.5. The lowest BCUT2D eigenvalue weighted by Crippen LogP contribution is -2.33. The zero-order valence-electron chi connectivity index (χ0n) is 17.5. The molecule has 0 aliphatic carbocycles. The van der Waals surface area contributed by atoms with Crippen LogP contribution in [0.3, 0.4) is 0 Å². The first-order valence-corrected chi connectivity index (χ1v) is 9.84. The molecule has 4 rings (SSSR count). The Bertz CT molecular complexity index is 1510. The number of aromatic carboxylic acids is 1. The van der Waals surface area contributed by atoms with Crippen LogP contribution in [0.25, 0.3) is 29.2 Å². The van der Waals surface area contributed by atoms with E-state index in [4.69, 9.17) is 9.84 Å². The molecule has 1 atom stereocenters. The molecule has 0 radical (unpaired) electrons. The van der Waals surface area contributed by atoms with Crippen LogP contribution in [0.1, 0.15) is 28.9 Å². The number of H-pyrrole nitrogens is 1. The average Bonchev–Trinajstić information content (AvgIpc) is 3.31. The number of benzene rings is 2. The highest BCUT2D eigenvalue weighted by Crippen LogP contribution is 2.25. The van der Waals surface area contributed by atoms with Gasteiger partial charge in [0.1, 0.15) is 6.04 Å². The van der Waals surface area contributed by atoms with Crippen molar-refractivity contribution in [3.63, 3.8) is 0 Å². The minimum absolute atomic E-state index is 0.127. The van der Waals surface area contributed by atoms with Crippen molar-refractivity contribution < 1.29 is 19.4 Å². The fourth-order valence-electron chi connectivity index (χ4n) is 3.69. The highest BCUT2D eigenvalue weighted by molar-refractivity contribution is 5.91. The maximum atomic E-state index is 13.1. The van der Waals surface area contributed by atoms with Gasteiger partial charge in [0.15, 0.2) is 0 Å². The predicted molar refractivity (Wildman–Crippen MR) is 120 cm³/mol. The van der Waals surface area contributed by atoms with Gasteiger partial charge in [0, 0.05) is 22.7 Å². The van der Waals surface area contributed by atoms with Crippen molar-refractivity contribution in [1.82, 2.24) is 14.3 Å². The number of carboxylic acid groups (broad SMARTS) is 1. The van der Waals surface area contributed by atoms with Gasteiger partial charge in [-0.15, -0.1) is 0 Å². The molecular formula is C24H21N3O5. The second kappa shape index (κ2) is 8.07. The number of hydrogen-bond donors (Lipinski definition) is 2. The number of methoxy groups -OCH3 is 1. The normalized spacial score (nSPS) is 12.8. The smallest absolute Gasteiger partial charge is 0.335 e. The molecule has 0 saturated heterocycles. The van der Waals surface area contributed by atoms with Crippen LogP contribution in [0.5, 0.6) is 0 Å². The summed E-state index contributed by atoms with van der Waals surface area (Å²) in [4.78, 5) is 36.3.